The molecule has 1 saturated carbocycles. The van der Waals surface area contributed by atoms with Crippen molar-refractivity contribution in [3.63, 3.8) is 0 Å². The molecule has 1 unspecified atom stereocenters. The Morgan fingerprint density at radius 3 is 2.51 bits per heavy atom. The second-order valence-corrected chi connectivity index (χ2v) is 8.63. The Bertz CT molecular complexity index is 1250. The standard InChI is InChI=1S/C25H28FN7O2/c1-14-6-2-3-7-17(14)25(35)31-16-10-15(12-29-13-16)30-23-18(22(28)34)11-19(26)24(33-23)32-21-9-5-4-8-20(21)27/h2-3,6-7,10-13,20-21H,4-5,8-9,27H2,1H3,(H2,28,34)(H,31,35)(H2,30,32,33)/t20-,21?/m0/s1. The van der Waals surface area contributed by atoms with Crippen molar-refractivity contribution in [1.29, 1.82) is 0 Å². The highest BCUT2D eigenvalue weighted by Crippen LogP contribution is 2.27. The predicted octanol–water partition coefficient (Wildman–Crippen LogP) is 3.70. The first-order valence-corrected chi connectivity index (χ1v) is 11.4. The molecule has 1 aliphatic rings. The summed E-state index contributed by atoms with van der Waals surface area (Å²) in [5, 5.41) is 8.85. The summed E-state index contributed by atoms with van der Waals surface area (Å²) >= 11 is 0. The van der Waals surface area contributed by atoms with Gasteiger partial charge in [-0.05, 0) is 43.5 Å². The number of rotatable bonds is 7. The first-order valence-electron chi connectivity index (χ1n) is 11.4. The van der Waals surface area contributed by atoms with E-state index in [-0.39, 0.29) is 35.2 Å². The molecular weight excluding hydrogens is 449 g/mol. The summed E-state index contributed by atoms with van der Waals surface area (Å²) in [4.78, 5) is 33.1. The van der Waals surface area contributed by atoms with Gasteiger partial charge in [-0.2, -0.15) is 0 Å². The molecule has 3 aromatic rings. The molecule has 1 aliphatic carbocycles. The smallest absolute Gasteiger partial charge is 0.255 e. The fraction of sp³-hybridized carbons (Fsp3) is 0.280. The monoisotopic (exact) mass is 477 g/mol. The zero-order valence-electron chi connectivity index (χ0n) is 19.3. The Labute approximate surface area is 202 Å². The van der Waals surface area contributed by atoms with Crippen LogP contribution in [0.1, 0.15) is 52.0 Å². The Balaban J connectivity index is 1.57. The van der Waals surface area contributed by atoms with Crippen LogP contribution in [-0.4, -0.2) is 33.9 Å². The third-order valence-electron chi connectivity index (χ3n) is 6.03. The minimum atomic E-state index is -0.836. The Morgan fingerprint density at radius 2 is 1.77 bits per heavy atom. The lowest BCUT2D eigenvalue weighted by molar-refractivity contribution is 0.0997. The van der Waals surface area contributed by atoms with Crippen molar-refractivity contribution in [3.05, 3.63) is 71.3 Å². The first-order chi connectivity index (χ1) is 16.8. The van der Waals surface area contributed by atoms with Crippen LogP contribution >= 0.6 is 0 Å². The van der Waals surface area contributed by atoms with Gasteiger partial charge in [0.15, 0.2) is 11.6 Å². The first kappa shape index (κ1) is 24.1. The summed E-state index contributed by atoms with van der Waals surface area (Å²) in [6.45, 7) is 1.85. The van der Waals surface area contributed by atoms with Crippen molar-refractivity contribution in [3.8, 4) is 0 Å². The second kappa shape index (κ2) is 10.5. The van der Waals surface area contributed by atoms with Gasteiger partial charge >= 0.3 is 0 Å². The molecule has 1 fully saturated rings. The number of primary amides is 1. The van der Waals surface area contributed by atoms with E-state index < -0.39 is 11.7 Å². The van der Waals surface area contributed by atoms with Gasteiger partial charge in [-0.15, -0.1) is 0 Å². The molecule has 2 heterocycles. The minimum Gasteiger partial charge on any atom is -0.365 e. The SMILES string of the molecule is Cc1ccccc1C(=O)Nc1cncc(Nc2nc(NC3CCCC[C@@H]3N)c(F)cc2C(N)=O)c1. The number of pyridine rings is 2. The number of carbonyl (C=O) groups excluding carboxylic acids is 2. The molecule has 0 saturated heterocycles. The van der Waals surface area contributed by atoms with Crippen LogP contribution in [-0.2, 0) is 0 Å². The number of hydrogen-bond donors (Lipinski definition) is 5. The predicted molar refractivity (Wildman–Crippen MR) is 133 cm³/mol. The molecule has 2 amide bonds. The number of nitrogens with zero attached hydrogens (tertiary/aromatic N) is 2. The van der Waals surface area contributed by atoms with E-state index in [1.165, 1.54) is 12.4 Å². The van der Waals surface area contributed by atoms with Crippen molar-refractivity contribution in [2.75, 3.05) is 16.0 Å². The molecule has 0 spiro atoms. The maximum absolute atomic E-state index is 14.8. The number of aromatic nitrogens is 2. The van der Waals surface area contributed by atoms with E-state index in [4.69, 9.17) is 11.5 Å². The molecule has 7 N–H and O–H groups in total. The van der Waals surface area contributed by atoms with Gasteiger partial charge in [0.2, 0.25) is 0 Å². The third-order valence-corrected chi connectivity index (χ3v) is 6.03. The topological polar surface area (TPSA) is 148 Å². The van der Waals surface area contributed by atoms with Gasteiger partial charge in [0, 0.05) is 17.6 Å². The maximum atomic E-state index is 14.8. The average molecular weight is 478 g/mol. The molecule has 1 aromatic carbocycles. The number of benzene rings is 1. The van der Waals surface area contributed by atoms with E-state index in [1.807, 2.05) is 19.1 Å². The largest absolute Gasteiger partial charge is 0.365 e. The van der Waals surface area contributed by atoms with Crippen LogP contribution in [0, 0.1) is 12.7 Å². The Kier molecular flexibility index (Phi) is 7.21. The zero-order valence-corrected chi connectivity index (χ0v) is 19.3. The lowest BCUT2D eigenvalue weighted by atomic mass is 9.91. The summed E-state index contributed by atoms with van der Waals surface area (Å²) in [5.74, 6) is -1.77. The van der Waals surface area contributed by atoms with Crippen LogP contribution in [0.25, 0.3) is 0 Å². The zero-order chi connectivity index (χ0) is 24.9. The highest BCUT2D eigenvalue weighted by Gasteiger charge is 2.24. The average Bonchev–Trinajstić information content (AvgIpc) is 2.82. The van der Waals surface area contributed by atoms with E-state index in [0.717, 1.165) is 37.3 Å². The van der Waals surface area contributed by atoms with Gasteiger partial charge in [0.05, 0.1) is 29.3 Å². The number of amides is 2. The number of carbonyl (C=O) groups is 2. The molecule has 2 aromatic heterocycles. The van der Waals surface area contributed by atoms with E-state index in [1.54, 1.807) is 18.2 Å². The molecule has 182 valence electrons. The lowest BCUT2D eigenvalue weighted by Crippen LogP contribution is -2.43. The van der Waals surface area contributed by atoms with Crippen LogP contribution in [0.15, 0.2) is 48.8 Å². The van der Waals surface area contributed by atoms with Gasteiger partial charge < -0.3 is 27.4 Å². The Morgan fingerprint density at radius 1 is 1.03 bits per heavy atom. The number of halogens is 1. The van der Waals surface area contributed by atoms with E-state index in [0.29, 0.717) is 16.9 Å². The number of hydrogen-bond acceptors (Lipinski definition) is 7. The van der Waals surface area contributed by atoms with Crippen LogP contribution in [0.4, 0.5) is 27.4 Å². The number of nitrogens with two attached hydrogens (primary N) is 2. The van der Waals surface area contributed by atoms with Crippen LogP contribution in [0.2, 0.25) is 0 Å². The third kappa shape index (κ3) is 5.72. The lowest BCUT2D eigenvalue weighted by Gasteiger charge is -2.30. The molecule has 0 aliphatic heterocycles. The van der Waals surface area contributed by atoms with Crippen molar-refractivity contribution >= 4 is 34.8 Å². The Hall–Kier alpha value is -4.05. The number of anilines is 4. The molecule has 4 rings (SSSR count). The summed E-state index contributed by atoms with van der Waals surface area (Å²) in [6.07, 6.45) is 6.65. The number of aryl methyl sites for hydroxylation is 1. The summed E-state index contributed by atoms with van der Waals surface area (Å²) in [5.41, 5.74) is 13.8. The summed E-state index contributed by atoms with van der Waals surface area (Å²) in [6, 6.07) is 9.66. The van der Waals surface area contributed by atoms with Gasteiger partial charge in [-0.25, -0.2) is 9.37 Å². The van der Waals surface area contributed by atoms with Crippen molar-refractivity contribution in [2.45, 2.75) is 44.7 Å². The van der Waals surface area contributed by atoms with Gasteiger partial charge in [-0.3, -0.25) is 14.6 Å². The van der Waals surface area contributed by atoms with Crippen LogP contribution in [0.5, 0.6) is 0 Å². The van der Waals surface area contributed by atoms with Gasteiger partial charge in [0.25, 0.3) is 11.8 Å². The van der Waals surface area contributed by atoms with E-state index >= 15 is 0 Å². The fourth-order valence-electron chi connectivity index (χ4n) is 4.13. The molecule has 35 heavy (non-hydrogen) atoms. The molecular formula is C25H28FN7O2. The van der Waals surface area contributed by atoms with Gasteiger partial charge in [0.1, 0.15) is 5.82 Å². The van der Waals surface area contributed by atoms with Gasteiger partial charge in [-0.1, -0.05) is 31.0 Å². The summed E-state index contributed by atoms with van der Waals surface area (Å²) < 4.78 is 14.8. The molecule has 0 bridgehead atoms. The van der Waals surface area contributed by atoms with Crippen LogP contribution < -0.4 is 27.4 Å². The second-order valence-electron chi connectivity index (χ2n) is 8.63. The molecule has 10 heteroatoms. The highest BCUT2D eigenvalue weighted by atomic mass is 19.1. The maximum Gasteiger partial charge on any atom is 0.255 e. The highest BCUT2D eigenvalue weighted by molar-refractivity contribution is 6.05. The van der Waals surface area contributed by atoms with Crippen molar-refractivity contribution in [1.82, 2.24) is 9.97 Å². The quantitative estimate of drug-likeness (QED) is 0.348. The van der Waals surface area contributed by atoms with E-state index in [9.17, 15) is 14.0 Å². The van der Waals surface area contributed by atoms with Crippen molar-refractivity contribution < 1.29 is 14.0 Å². The van der Waals surface area contributed by atoms with Crippen LogP contribution in [0.3, 0.4) is 0 Å². The molecule has 0 radical (unpaired) electrons. The van der Waals surface area contributed by atoms with E-state index in [2.05, 4.69) is 25.9 Å². The minimum absolute atomic E-state index is 0.0168. The fourth-order valence-corrected chi connectivity index (χ4v) is 4.13. The number of nitrogens with one attached hydrogen (secondary N) is 3. The molecule has 2 atom stereocenters. The normalized spacial score (nSPS) is 17.5. The summed E-state index contributed by atoms with van der Waals surface area (Å²) in [7, 11) is 0. The van der Waals surface area contributed by atoms with Crippen molar-refractivity contribution in [2.24, 2.45) is 11.5 Å². The molecule has 9 nitrogen and oxygen atoms in total.